The molecule has 12 aromatic rings. The standard InChI is InChI=1S/C20H18N2O3S.C20H20N2OS.2C19H24N2OS.C18H22N2OS/c23-20(22-9-12-5-6-16-17(7-12)25-11-24-16)15-8-14-13-3-1-2-4-18(13)26-19(14)10-21-15;1-13(14-7-3-2-4-8-14)22-20(23)17-11-16-15-9-5-6-10-18(15)24-19(16)12-21-17;2*22-19(21-13-7-3-1-2-4-8-13)16-11-15-14-9-5-6-10-17(14)23-18(15)12-20-16;21-18(20-12-6-2-1-3-7-12)15-10-14-13-8-4-5-9-16(13)22-17(14)11-19-15/h1-7,15,21H,8-11H2,(H,22,23);2-10,13,17,21H,11-12H2,1H3,(H,22,23);2*5-6,9-10,13,16,20H,1-4,7-8,11-12H2,(H,21,22);4-5,8-9,12,15,19H,1-3,6-7,10-11H2,(H,20,21)/t15-;13-,17+;2*16-;15-/m10111/s1. The van der Waals surface area contributed by atoms with E-state index in [0.717, 1.165) is 126 Å². The molecule has 3 aliphatic carbocycles. The first-order valence-electron chi connectivity index (χ1n) is 43.0. The summed E-state index contributed by atoms with van der Waals surface area (Å²) in [5, 5.41) is 39.7. The number of carbonyl (C=O) groups excluding carboxylic acids is 5. The zero-order valence-electron chi connectivity index (χ0n) is 67.3. The van der Waals surface area contributed by atoms with E-state index in [1.165, 1.54) is 173 Å². The van der Waals surface area contributed by atoms with E-state index in [4.69, 9.17) is 9.47 Å². The molecule has 5 aromatic heterocycles. The van der Waals surface area contributed by atoms with Crippen molar-refractivity contribution in [2.45, 2.75) is 242 Å². The maximum atomic E-state index is 12.7. The number of carbonyl (C=O) groups is 5. The topological polar surface area (TPSA) is 224 Å². The highest BCUT2D eigenvalue weighted by molar-refractivity contribution is 7.20. The van der Waals surface area contributed by atoms with E-state index >= 15 is 0 Å². The predicted molar refractivity (Wildman–Crippen MR) is 482 cm³/mol. The second-order valence-corrected chi connectivity index (χ2v) is 38.7. The van der Waals surface area contributed by atoms with Gasteiger partial charge in [-0.25, -0.2) is 0 Å². The summed E-state index contributed by atoms with van der Waals surface area (Å²) < 4.78 is 17.3. The zero-order chi connectivity index (χ0) is 80.3. The molecule has 118 heavy (non-hydrogen) atoms. The Bertz CT molecular complexity index is 5390. The lowest BCUT2D eigenvalue weighted by Gasteiger charge is -2.28. The monoisotopic (exact) mass is 1670 g/mol. The molecule has 614 valence electrons. The van der Waals surface area contributed by atoms with Crippen LogP contribution in [0.2, 0.25) is 0 Å². The van der Waals surface area contributed by atoms with Crippen molar-refractivity contribution in [3.63, 3.8) is 0 Å². The minimum atomic E-state index is -0.200. The van der Waals surface area contributed by atoms with Gasteiger partial charge in [0.15, 0.2) is 11.5 Å². The van der Waals surface area contributed by atoms with Gasteiger partial charge in [-0.2, -0.15) is 0 Å². The summed E-state index contributed by atoms with van der Waals surface area (Å²) in [6, 6.07) is 58.9. The molecule has 0 bridgehead atoms. The number of fused-ring (bicyclic) bond motifs is 16. The van der Waals surface area contributed by atoms with Crippen molar-refractivity contribution in [1.29, 1.82) is 0 Å². The van der Waals surface area contributed by atoms with Crippen LogP contribution < -0.4 is 62.6 Å². The summed E-state index contributed by atoms with van der Waals surface area (Å²) in [5.74, 6) is 2.17. The van der Waals surface area contributed by atoms with Gasteiger partial charge < -0.3 is 62.6 Å². The second-order valence-electron chi connectivity index (χ2n) is 33.0. The molecule has 0 saturated heterocycles. The first-order valence-corrected chi connectivity index (χ1v) is 47.1. The Hall–Kier alpha value is -8.91. The summed E-state index contributed by atoms with van der Waals surface area (Å²) in [7, 11) is 0. The minimum Gasteiger partial charge on any atom is -0.454 e. The predicted octanol–water partition coefficient (Wildman–Crippen LogP) is 17.6. The Kier molecular flexibility index (Phi) is 26.7. The van der Waals surface area contributed by atoms with Crippen LogP contribution in [0.5, 0.6) is 11.5 Å². The highest BCUT2D eigenvalue weighted by Gasteiger charge is 2.35. The molecule has 10 N–H and O–H groups in total. The molecule has 0 spiro atoms. The molecule has 21 rings (SSSR count). The SMILES string of the molecule is C[C@H](NC(=O)[C@H]1Cc2c(sc3ccccc23)CN1)c1ccccc1.O=C(NC1CCCCC1)[C@H]1Cc2c(sc3ccccc23)CN1.O=C(NC1CCCCCC1)[C@H]1Cc2c(sc3ccccc23)CN1.O=C(NC1CCCCCC1)[C@H]1Cc2c(sc3ccccc23)CN1.O=C(NCc1ccc2c(c1)OCO2)[C@H]1Cc2c(sc3ccccc23)CN1. The quantitative estimate of drug-likeness (QED) is 0.0516. The lowest BCUT2D eigenvalue weighted by atomic mass is 9.94. The number of hydrogen-bond donors (Lipinski definition) is 10. The summed E-state index contributed by atoms with van der Waals surface area (Å²) in [5.41, 5.74) is 8.91. The lowest BCUT2D eigenvalue weighted by molar-refractivity contribution is -0.125. The van der Waals surface area contributed by atoms with Gasteiger partial charge in [0.25, 0.3) is 0 Å². The smallest absolute Gasteiger partial charge is 0.237 e. The average Bonchev–Trinajstić information content (AvgIpc) is 1.66. The van der Waals surface area contributed by atoms with E-state index < -0.39 is 0 Å². The van der Waals surface area contributed by atoms with Crippen LogP contribution >= 0.6 is 56.7 Å². The van der Waals surface area contributed by atoms with Crippen molar-refractivity contribution >= 4 is 137 Å². The number of ether oxygens (including phenoxy) is 2. The summed E-state index contributed by atoms with van der Waals surface area (Å²) >= 11 is 9.22. The van der Waals surface area contributed by atoms with Crippen LogP contribution in [0.25, 0.3) is 50.4 Å². The summed E-state index contributed by atoms with van der Waals surface area (Å²) in [4.78, 5) is 70.1. The van der Waals surface area contributed by atoms with E-state index in [1.54, 1.807) is 0 Å². The molecule has 3 saturated carbocycles. The van der Waals surface area contributed by atoms with Gasteiger partial charge in [-0.05, 0) is 186 Å². The Morgan fingerprint density at radius 3 is 0.992 bits per heavy atom. The minimum absolute atomic E-state index is 0.0149. The second kappa shape index (κ2) is 38.6. The fraction of sp³-hybridized carbons (Fsp3) is 0.406. The fourth-order valence-electron chi connectivity index (χ4n) is 18.5. The Balaban J connectivity index is 0.000000106. The Morgan fingerprint density at radius 1 is 0.347 bits per heavy atom. The van der Waals surface area contributed by atoms with E-state index in [2.05, 4.69) is 174 Å². The van der Waals surface area contributed by atoms with Crippen LogP contribution in [0.3, 0.4) is 0 Å². The third-order valence-electron chi connectivity index (χ3n) is 25.0. The number of nitrogens with one attached hydrogen (secondary N) is 10. The van der Waals surface area contributed by atoms with Crippen LogP contribution in [0.1, 0.15) is 185 Å². The largest absolute Gasteiger partial charge is 0.454 e. The molecule has 6 atom stereocenters. The number of benzene rings is 7. The van der Waals surface area contributed by atoms with Gasteiger partial charge in [-0.15, -0.1) is 56.7 Å². The highest BCUT2D eigenvalue weighted by atomic mass is 32.1. The molecule has 9 aliphatic rings. The number of hydrogen-bond acceptors (Lipinski definition) is 17. The van der Waals surface area contributed by atoms with Crippen LogP contribution in [0.4, 0.5) is 0 Å². The van der Waals surface area contributed by atoms with Gasteiger partial charge >= 0.3 is 0 Å². The Morgan fingerprint density at radius 2 is 0.644 bits per heavy atom. The van der Waals surface area contributed by atoms with E-state index in [0.29, 0.717) is 24.7 Å². The van der Waals surface area contributed by atoms with Crippen molar-refractivity contribution < 1.29 is 33.4 Å². The Labute approximate surface area is 711 Å². The van der Waals surface area contributed by atoms with E-state index in [1.807, 2.05) is 112 Å². The van der Waals surface area contributed by atoms with Gasteiger partial charge in [0.1, 0.15) is 0 Å². The molecule has 0 unspecified atom stereocenters. The normalized spacial score (nSPS) is 20.6. The third kappa shape index (κ3) is 19.4. The summed E-state index contributed by atoms with van der Waals surface area (Å²) in [6.07, 6.45) is 24.9. The fourth-order valence-corrected chi connectivity index (χ4v) is 24.4. The number of thiophene rings is 5. The van der Waals surface area contributed by atoms with E-state index in [-0.39, 0.29) is 72.6 Å². The van der Waals surface area contributed by atoms with Crippen LogP contribution in [0.15, 0.2) is 170 Å². The highest BCUT2D eigenvalue weighted by Crippen LogP contribution is 2.41. The molecule has 0 radical (unpaired) electrons. The first-order chi connectivity index (χ1) is 57.9. The van der Waals surface area contributed by atoms with Crippen molar-refractivity contribution in [1.82, 2.24) is 53.2 Å². The lowest BCUT2D eigenvalue weighted by Crippen LogP contribution is -2.50. The summed E-state index contributed by atoms with van der Waals surface area (Å²) in [6.45, 7) is 6.73. The maximum Gasteiger partial charge on any atom is 0.237 e. The third-order valence-corrected chi connectivity index (χ3v) is 31.1. The first kappa shape index (κ1) is 81.5. The van der Waals surface area contributed by atoms with Crippen LogP contribution in [-0.4, -0.2) is 84.7 Å². The van der Waals surface area contributed by atoms with Gasteiger partial charge in [0, 0.05) is 105 Å². The molecule has 6 aliphatic heterocycles. The molecule has 17 nitrogen and oxygen atoms in total. The van der Waals surface area contributed by atoms with Gasteiger partial charge in [-0.3, -0.25) is 24.0 Å². The van der Waals surface area contributed by atoms with Gasteiger partial charge in [-0.1, -0.05) is 198 Å². The van der Waals surface area contributed by atoms with E-state index in [9.17, 15) is 24.0 Å². The van der Waals surface area contributed by atoms with Crippen molar-refractivity contribution in [2.24, 2.45) is 0 Å². The molecular weight excluding hydrogens is 1570 g/mol. The van der Waals surface area contributed by atoms with Gasteiger partial charge in [0.05, 0.1) is 36.3 Å². The van der Waals surface area contributed by atoms with Crippen LogP contribution in [0, 0.1) is 0 Å². The van der Waals surface area contributed by atoms with Crippen LogP contribution in [-0.2, 0) is 95.3 Å². The zero-order valence-corrected chi connectivity index (χ0v) is 71.3. The molecule has 22 heteroatoms. The molecule has 7 aromatic carbocycles. The molecule has 3 fully saturated rings. The molecular formula is C96H108N10O7S5. The number of rotatable bonds is 12. The maximum absolute atomic E-state index is 12.7. The molecule has 11 heterocycles. The average molecular weight is 1670 g/mol. The van der Waals surface area contributed by atoms with Crippen molar-refractivity contribution in [3.05, 3.63) is 233 Å². The molecule has 5 amide bonds. The van der Waals surface area contributed by atoms with Crippen molar-refractivity contribution in [2.75, 3.05) is 6.79 Å². The van der Waals surface area contributed by atoms with Gasteiger partial charge in [0.2, 0.25) is 36.3 Å². The number of amides is 5. The van der Waals surface area contributed by atoms with Crippen molar-refractivity contribution in [3.8, 4) is 11.5 Å².